The second-order valence-electron chi connectivity index (χ2n) is 3.97. The molecule has 0 saturated carbocycles. The van der Waals surface area contributed by atoms with Crippen molar-refractivity contribution >= 4 is 17.6 Å². The van der Waals surface area contributed by atoms with Gasteiger partial charge in [0, 0.05) is 26.6 Å². The van der Waals surface area contributed by atoms with Gasteiger partial charge in [-0.15, -0.1) is 0 Å². The Morgan fingerprint density at radius 3 is 2.39 bits per heavy atom. The number of carbonyl (C=O) groups excluding carboxylic acids is 3. The minimum atomic E-state index is -0.787. The van der Waals surface area contributed by atoms with Crippen molar-refractivity contribution in [2.75, 3.05) is 27.2 Å². The van der Waals surface area contributed by atoms with Crippen LogP contribution in [0.5, 0.6) is 0 Å². The Morgan fingerprint density at radius 2 is 1.94 bits per heavy atom. The summed E-state index contributed by atoms with van der Waals surface area (Å²) in [4.78, 5) is 35.7. The molecular weight excluding hydrogens is 234 g/mol. The third kappa shape index (κ3) is 5.58. The van der Waals surface area contributed by atoms with E-state index in [4.69, 9.17) is 0 Å². The smallest absolute Gasteiger partial charge is 0.246 e. The van der Waals surface area contributed by atoms with Gasteiger partial charge in [0.2, 0.25) is 11.8 Å². The minimum absolute atomic E-state index is 0.00146. The molecule has 0 aliphatic heterocycles. The summed E-state index contributed by atoms with van der Waals surface area (Å²) in [7, 11) is 3.25. The number of nitrogens with one attached hydrogen (secondary N) is 2. The molecule has 0 rings (SSSR count). The number of Topliss-reactive ketones (excluding diaryl/α,β-unsaturated/α-hetero) is 1. The van der Waals surface area contributed by atoms with E-state index in [1.165, 1.54) is 18.9 Å². The van der Waals surface area contributed by atoms with Gasteiger partial charge in [-0.3, -0.25) is 14.4 Å². The summed E-state index contributed by atoms with van der Waals surface area (Å²) in [5.41, 5.74) is 0. The van der Waals surface area contributed by atoms with E-state index in [1.54, 1.807) is 7.05 Å². The topological polar surface area (TPSA) is 78.5 Å². The zero-order valence-corrected chi connectivity index (χ0v) is 11.2. The highest BCUT2D eigenvalue weighted by Crippen LogP contribution is 2.04. The van der Waals surface area contributed by atoms with E-state index in [0.717, 1.165) is 6.08 Å². The van der Waals surface area contributed by atoms with Crippen LogP contribution in [0.15, 0.2) is 12.7 Å². The van der Waals surface area contributed by atoms with Gasteiger partial charge in [-0.2, -0.15) is 0 Å². The van der Waals surface area contributed by atoms with Crippen molar-refractivity contribution in [2.45, 2.75) is 19.4 Å². The average molecular weight is 255 g/mol. The molecule has 0 aromatic heterocycles. The molecular formula is C12H21N3O3. The fourth-order valence-corrected chi connectivity index (χ4v) is 1.40. The summed E-state index contributed by atoms with van der Waals surface area (Å²) in [6, 6.07) is -0.787. The first kappa shape index (κ1) is 16.3. The fourth-order valence-electron chi connectivity index (χ4n) is 1.40. The van der Waals surface area contributed by atoms with Crippen LogP contribution in [-0.4, -0.2) is 55.7 Å². The molecule has 0 fully saturated rings. The maximum atomic E-state index is 11.9. The SMILES string of the molecule is C=CC(=O)N(C)C(CC(C)=O)C(=O)NCCNC. The number of hydrogen-bond acceptors (Lipinski definition) is 4. The summed E-state index contributed by atoms with van der Waals surface area (Å²) in [5.74, 6) is -0.865. The average Bonchev–Trinajstić information content (AvgIpc) is 2.34. The van der Waals surface area contributed by atoms with Gasteiger partial charge in [0.05, 0.1) is 0 Å². The van der Waals surface area contributed by atoms with Crippen molar-refractivity contribution in [1.82, 2.24) is 15.5 Å². The molecule has 1 unspecified atom stereocenters. The normalized spacial score (nSPS) is 11.5. The molecule has 0 aliphatic carbocycles. The predicted molar refractivity (Wildman–Crippen MR) is 69.0 cm³/mol. The quantitative estimate of drug-likeness (QED) is 0.445. The van der Waals surface area contributed by atoms with Crippen LogP contribution in [0, 0.1) is 0 Å². The van der Waals surface area contributed by atoms with Crippen molar-refractivity contribution in [3.8, 4) is 0 Å². The van der Waals surface area contributed by atoms with Gasteiger partial charge < -0.3 is 15.5 Å². The van der Waals surface area contributed by atoms with Crippen LogP contribution >= 0.6 is 0 Å². The van der Waals surface area contributed by atoms with Crippen LogP contribution in [0.25, 0.3) is 0 Å². The van der Waals surface area contributed by atoms with Crippen LogP contribution in [0.1, 0.15) is 13.3 Å². The van der Waals surface area contributed by atoms with E-state index >= 15 is 0 Å². The summed E-state index contributed by atoms with van der Waals surface area (Å²) in [6.45, 7) is 5.82. The van der Waals surface area contributed by atoms with Gasteiger partial charge in [0.1, 0.15) is 11.8 Å². The van der Waals surface area contributed by atoms with Gasteiger partial charge >= 0.3 is 0 Å². The van der Waals surface area contributed by atoms with E-state index in [-0.39, 0.29) is 24.0 Å². The van der Waals surface area contributed by atoms with Crippen molar-refractivity contribution in [3.05, 3.63) is 12.7 Å². The lowest BCUT2D eigenvalue weighted by atomic mass is 10.1. The molecule has 1 atom stereocenters. The highest BCUT2D eigenvalue weighted by molar-refractivity contribution is 5.94. The highest BCUT2D eigenvalue weighted by atomic mass is 16.2. The van der Waals surface area contributed by atoms with Gasteiger partial charge in [-0.05, 0) is 20.0 Å². The van der Waals surface area contributed by atoms with E-state index < -0.39 is 6.04 Å². The lowest BCUT2D eigenvalue weighted by Gasteiger charge is -2.25. The van der Waals surface area contributed by atoms with Gasteiger partial charge in [0.25, 0.3) is 0 Å². The highest BCUT2D eigenvalue weighted by Gasteiger charge is 2.26. The molecule has 102 valence electrons. The molecule has 18 heavy (non-hydrogen) atoms. The molecule has 0 aliphatic rings. The van der Waals surface area contributed by atoms with Crippen LogP contribution in [0.3, 0.4) is 0 Å². The third-order valence-electron chi connectivity index (χ3n) is 2.45. The molecule has 2 N–H and O–H groups in total. The molecule has 6 heteroatoms. The zero-order chi connectivity index (χ0) is 14.1. The van der Waals surface area contributed by atoms with Crippen molar-refractivity contribution in [1.29, 1.82) is 0 Å². The summed E-state index contributed by atoms with van der Waals surface area (Å²) >= 11 is 0. The largest absolute Gasteiger partial charge is 0.353 e. The molecule has 0 radical (unpaired) electrons. The Balaban J connectivity index is 4.65. The molecule has 0 aromatic carbocycles. The molecule has 0 spiro atoms. The maximum absolute atomic E-state index is 11.9. The summed E-state index contributed by atoms with van der Waals surface area (Å²) in [5, 5.41) is 5.55. The Kier molecular flexibility index (Phi) is 7.62. The van der Waals surface area contributed by atoms with Crippen LogP contribution in [0.2, 0.25) is 0 Å². The number of rotatable bonds is 8. The Hall–Kier alpha value is -1.69. The Morgan fingerprint density at radius 1 is 1.33 bits per heavy atom. The zero-order valence-electron chi connectivity index (χ0n) is 11.2. The van der Waals surface area contributed by atoms with Crippen LogP contribution in [0.4, 0.5) is 0 Å². The third-order valence-corrected chi connectivity index (χ3v) is 2.45. The number of nitrogens with zero attached hydrogens (tertiary/aromatic N) is 1. The Labute approximate surface area is 107 Å². The molecule has 0 bridgehead atoms. The van der Waals surface area contributed by atoms with Gasteiger partial charge in [-0.1, -0.05) is 6.58 Å². The van der Waals surface area contributed by atoms with Crippen molar-refractivity contribution in [2.24, 2.45) is 0 Å². The van der Waals surface area contributed by atoms with Gasteiger partial charge in [0.15, 0.2) is 0 Å². The van der Waals surface area contributed by atoms with E-state index in [9.17, 15) is 14.4 Å². The number of likely N-dealkylation sites (N-methyl/N-ethyl adjacent to an activating group) is 2. The summed E-state index contributed by atoms with van der Waals surface area (Å²) in [6.07, 6.45) is 1.12. The molecule has 0 aromatic rings. The number of carbonyl (C=O) groups is 3. The van der Waals surface area contributed by atoms with Gasteiger partial charge in [-0.25, -0.2) is 0 Å². The monoisotopic (exact) mass is 255 g/mol. The summed E-state index contributed by atoms with van der Waals surface area (Å²) < 4.78 is 0. The first-order valence-corrected chi connectivity index (χ1v) is 5.75. The second kappa shape index (κ2) is 8.41. The Bertz CT molecular complexity index is 329. The number of ketones is 1. The van der Waals surface area contributed by atoms with E-state index in [1.807, 2.05) is 0 Å². The van der Waals surface area contributed by atoms with E-state index in [2.05, 4.69) is 17.2 Å². The number of amides is 2. The fraction of sp³-hybridized carbons (Fsp3) is 0.583. The van der Waals surface area contributed by atoms with Crippen molar-refractivity contribution in [3.63, 3.8) is 0 Å². The lowest BCUT2D eigenvalue weighted by molar-refractivity contribution is -0.137. The lowest BCUT2D eigenvalue weighted by Crippen LogP contribution is -2.49. The molecule has 0 heterocycles. The maximum Gasteiger partial charge on any atom is 0.246 e. The van der Waals surface area contributed by atoms with Crippen LogP contribution < -0.4 is 10.6 Å². The molecule has 0 saturated heterocycles. The predicted octanol–water partition coefficient (Wildman–Crippen LogP) is -0.686. The first-order valence-electron chi connectivity index (χ1n) is 5.75. The molecule has 2 amide bonds. The van der Waals surface area contributed by atoms with Crippen molar-refractivity contribution < 1.29 is 14.4 Å². The standard InChI is InChI=1S/C12H21N3O3/c1-5-11(17)15(4)10(8-9(2)16)12(18)14-7-6-13-3/h5,10,13H,1,6-8H2,2-4H3,(H,14,18). The minimum Gasteiger partial charge on any atom is -0.353 e. The molecule has 6 nitrogen and oxygen atoms in total. The second-order valence-corrected chi connectivity index (χ2v) is 3.97. The van der Waals surface area contributed by atoms with Crippen LogP contribution in [-0.2, 0) is 14.4 Å². The first-order chi connectivity index (χ1) is 8.43. The van der Waals surface area contributed by atoms with E-state index in [0.29, 0.717) is 13.1 Å². The number of hydrogen-bond donors (Lipinski definition) is 2.